The summed E-state index contributed by atoms with van der Waals surface area (Å²) in [5, 5.41) is 4.10. The standard InChI is InChI=1S/C19H20N4O2/c1-24-17-8-5-9-18(25-2)15(17)12-22-19(20)23-14-10-13-6-3-4-7-16(13)21-11-14/h3-11H,12H2,1-2H3,(H3,20,22,23). The Labute approximate surface area is 146 Å². The Morgan fingerprint density at radius 1 is 1.08 bits per heavy atom. The van der Waals surface area contributed by atoms with E-state index in [2.05, 4.69) is 15.3 Å². The maximum Gasteiger partial charge on any atom is 0.193 e. The average molecular weight is 336 g/mol. The van der Waals surface area contributed by atoms with Gasteiger partial charge in [-0.05, 0) is 24.3 Å². The van der Waals surface area contributed by atoms with E-state index in [1.165, 1.54) is 0 Å². The predicted octanol–water partition coefficient (Wildman–Crippen LogP) is 3.18. The number of aromatic nitrogens is 1. The summed E-state index contributed by atoms with van der Waals surface area (Å²) < 4.78 is 10.7. The van der Waals surface area contributed by atoms with Crippen LogP contribution in [0.1, 0.15) is 5.56 Å². The second-order valence-corrected chi connectivity index (χ2v) is 5.38. The van der Waals surface area contributed by atoms with Gasteiger partial charge >= 0.3 is 0 Å². The van der Waals surface area contributed by atoms with Gasteiger partial charge in [0, 0.05) is 5.39 Å². The summed E-state index contributed by atoms with van der Waals surface area (Å²) in [5.41, 5.74) is 8.57. The van der Waals surface area contributed by atoms with Gasteiger partial charge in [0.25, 0.3) is 0 Å². The number of nitrogens with two attached hydrogens (primary N) is 1. The van der Waals surface area contributed by atoms with Crippen molar-refractivity contribution in [2.24, 2.45) is 10.7 Å². The Kier molecular flexibility index (Phi) is 4.99. The lowest BCUT2D eigenvalue weighted by molar-refractivity contribution is 0.385. The van der Waals surface area contributed by atoms with Gasteiger partial charge in [-0.15, -0.1) is 0 Å². The van der Waals surface area contributed by atoms with Gasteiger partial charge in [0.05, 0.1) is 43.7 Å². The van der Waals surface area contributed by atoms with Gasteiger partial charge in [0.1, 0.15) is 11.5 Å². The Bertz CT molecular complexity index is 887. The van der Waals surface area contributed by atoms with E-state index in [1.54, 1.807) is 20.4 Å². The van der Waals surface area contributed by atoms with Gasteiger partial charge in [-0.1, -0.05) is 24.3 Å². The lowest BCUT2D eigenvalue weighted by Crippen LogP contribution is -2.22. The van der Waals surface area contributed by atoms with Gasteiger partial charge < -0.3 is 20.5 Å². The van der Waals surface area contributed by atoms with E-state index in [9.17, 15) is 0 Å². The molecule has 0 aliphatic heterocycles. The first-order valence-corrected chi connectivity index (χ1v) is 7.83. The summed E-state index contributed by atoms with van der Waals surface area (Å²) >= 11 is 0. The van der Waals surface area contributed by atoms with Crippen LogP contribution in [0.5, 0.6) is 11.5 Å². The molecular weight excluding hydrogens is 316 g/mol. The van der Waals surface area contributed by atoms with Crippen molar-refractivity contribution in [3.05, 3.63) is 60.3 Å². The van der Waals surface area contributed by atoms with E-state index in [4.69, 9.17) is 15.2 Å². The van der Waals surface area contributed by atoms with E-state index in [1.807, 2.05) is 48.5 Å². The van der Waals surface area contributed by atoms with Gasteiger partial charge in [0.15, 0.2) is 5.96 Å². The van der Waals surface area contributed by atoms with Gasteiger partial charge in [-0.2, -0.15) is 0 Å². The fourth-order valence-electron chi connectivity index (χ4n) is 2.57. The second-order valence-electron chi connectivity index (χ2n) is 5.38. The van der Waals surface area contributed by atoms with Crippen LogP contribution in [-0.4, -0.2) is 25.2 Å². The molecule has 0 fully saturated rings. The van der Waals surface area contributed by atoms with Gasteiger partial charge in [-0.25, -0.2) is 4.99 Å². The number of benzene rings is 2. The number of rotatable bonds is 5. The normalized spacial score (nSPS) is 11.4. The first-order chi connectivity index (χ1) is 12.2. The summed E-state index contributed by atoms with van der Waals surface area (Å²) in [6, 6.07) is 15.5. The van der Waals surface area contributed by atoms with Crippen molar-refractivity contribution in [2.45, 2.75) is 6.54 Å². The van der Waals surface area contributed by atoms with Crippen LogP contribution < -0.4 is 20.5 Å². The zero-order valence-corrected chi connectivity index (χ0v) is 14.2. The molecule has 6 heteroatoms. The number of para-hydroxylation sites is 1. The van der Waals surface area contributed by atoms with Crippen molar-refractivity contribution in [1.29, 1.82) is 0 Å². The number of aliphatic imine (C=N–C) groups is 1. The molecule has 0 aliphatic rings. The van der Waals surface area contributed by atoms with E-state index in [-0.39, 0.29) is 0 Å². The minimum Gasteiger partial charge on any atom is -0.496 e. The number of hydrogen-bond donors (Lipinski definition) is 2. The summed E-state index contributed by atoms with van der Waals surface area (Å²) in [4.78, 5) is 8.78. The first-order valence-electron chi connectivity index (χ1n) is 7.83. The highest BCUT2D eigenvalue weighted by atomic mass is 16.5. The molecule has 25 heavy (non-hydrogen) atoms. The summed E-state index contributed by atoms with van der Waals surface area (Å²) in [6.07, 6.45) is 1.73. The number of hydrogen-bond acceptors (Lipinski definition) is 4. The van der Waals surface area contributed by atoms with Crippen molar-refractivity contribution < 1.29 is 9.47 Å². The largest absolute Gasteiger partial charge is 0.496 e. The number of anilines is 1. The molecule has 3 rings (SSSR count). The lowest BCUT2D eigenvalue weighted by Gasteiger charge is -2.12. The molecule has 0 spiro atoms. The number of methoxy groups -OCH3 is 2. The topological polar surface area (TPSA) is 81.8 Å². The minimum atomic E-state index is 0.296. The van der Waals surface area contributed by atoms with Crippen LogP contribution in [-0.2, 0) is 6.54 Å². The molecule has 128 valence electrons. The molecule has 2 aromatic carbocycles. The Hall–Kier alpha value is -3.28. The van der Waals surface area contributed by atoms with Crippen molar-refractivity contribution in [3.8, 4) is 11.5 Å². The van der Waals surface area contributed by atoms with Crippen LogP contribution in [0.2, 0.25) is 0 Å². The zero-order valence-electron chi connectivity index (χ0n) is 14.2. The quantitative estimate of drug-likeness (QED) is 0.552. The molecule has 0 aliphatic carbocycles. The molecule has 1 heterocycles. The van der Waals surface area contributed by atoms with Crippen LogP contribution in [0.4, 0.5) is 5.69 Å². The Balaban J connectivity index is 1.78. The molecule has 0 saturated heterocycles. The third-order valence-electron chi connectivity index (χ3n) is 3.80. The highest BCUT2D eigenvalue weighted by Gasteiger charge is 2.09. The zero-order chi connectivity index (χ0) is 17.6. The van der Waals surface area contributed by atoms with E-state index >= 15 is 0 Å². The summed E-state index contributed by atoms with van der Waals surface area (Å²) in [7, 11) is 3.23. The van der Waals surface area contributed by atoms with Crippen molar-refractivity contribution in [1.82, 2.24) is 4.98 Å². The SMILES string of the molecule is COc1cccc(OC)c1CN=C(N)Nc1cnc2ccccc2c1. The molecule has 0 radical (unpaired) electrons. The Morgan fingerprint density at radius 3 is 2.52 bits per heavy atom. The summed E-state index contributed by atoms with van der Waals surface area (Å²) in [6.45, 7) is 0.340. The summed E-state index contributed by atoms with van der Waals surface area (Å²) in [5.74, 6) is 1.72. The van der Waals surface area contributed by atoms with E-state index in [0.717, 1.165) is 22.2 Å². The molecular formula is C19H20N4O2. The number of guanidine groups is 1. The minimum absolute atomic E-state index is 0.296. The van der Waals surface area contributed by atoms with Crippen LogP contribution in [0, 0.1) is 0 Å². The molecule has 3 aromatic rings. The number of pyridine rings is 1. The third kappa shape index (κ3) is 3.80. The fourth-order valence-corrected chi connectivity index (χ4v) is 2.57. The van der Waals surface area contributed by atoms with Crippen molar-refractivity contribution >= 4 is 22.5 Å². The molecule has 0 amide bonds. The molecule has 0 saturated carbocycles. The number of nitrogens with zero attached hydrogens (tertiary/aromatic N) is 2. The third-order valence-corrected chi connectivity index (χ3v) is 3.80. The lowest BCUT2D eigenvalue weighted by atomic mass is 10.2. The molecule has 1 aromatic heterocycles. The Morgan fingerprint density at radius 2 is 1.80 bits per heavy atom. The van der Waals surface area contributed by atoms with E-state index < -0.39 is 0 Å². The molecule has 0 atom stereocenters. The van der Waals surface area contributed by atoms with Crippen LogP contribution in [0.3, 0.4) is 0 Å². The average Bonchev–Trinajstić information content (AvgIpc) is 2.65. The predicted molar refractivity (Wildman–Crippen MR) is 100 cm³/mol. The van der Waals surface area contributed by atoms with Crippen LogP contribution in [0.25, 0.3) is 10.9 Å². The molecule has 3 N–H and O–H groups in total. The fraction of sp³-hybridized carbons (Fsp3) is 0.158. The van der Waals surface area contributed by atoms with Crippen molar-refractivity contribution in [2.75, 3.05) is 19.5 Å². The molecule has 0 unspecified atom stereocenters. The number of nitrogens with one attached hydrogen (secondary N) is 1. The maximum atomic E-state index is 6.01. The van der Waals surface area contributed by atoms with E-state index in [0.29, 0.717) is 24.0 Å². The maximum absolute atomic E-state index is 6.01. The van der Waals surface area contributed by atoms with Gasteiger partial charge in [-0.3, -0.25) is 4.98 Å². The monoisotopic (exact) mass is 336 g/mol. The van der Waals surface area contributed by atoms with Crippen LogP contribution in [0.15, 0.2) is 59.7 Å². The van der Waals surface area contributed by atoms with Gasteiger partial charge in [0.2, 0.25) is 0 Å². The molecule has 6 nitrogen and oxygen atoms in total. The number of fused-ring (bicyclic) bond motifs is 1. The first kappa shape index (κ1) is 16.6. The smallest absolute Gasteiger partial charge is 0.193 e. The highest BCUT2D eigenvalue weighted by molar-refractivity contribution is 5.94. The highest BCUT2D eigenvalue weighted by Crippen LogP contribution is 2.28. The number of ether oxygens (including phenoxy) is 2. The molecule has 0 bridgehead atoms. The second kappa shape index (κ2) is 7.53. The van der Waals surface area contributed by atoms with Crippen molar-refractivity contribution in [3.63, 3.8) is 0 Å². The van der Waals surface area contributed by atoms with Crippen LogP contribution >= 0.6 is 0 Å².